The first-order chi connectivity index (χ1) is 9.97. The first-order valence-corrected chi connectivity index (χ1v) is 6.74. The van der Waals surface area contributed by atoms with E-state index >= 15 is 0 Å². The molecular weight excluding hydrogens is 280 g/mol. The van der Waals surface area contributed by atoms with Crippen molar-refractivity contribution in [2.45, 2.75) is 13.3 Å². The summed E-state index contributed by atoms with van der Waals surface area (Å²) in [7, 11) is 0. The van der Waals surface area contributed by atoms with Crippen molar-refractivity contribution in [2.24, 2.45) is 0 Å². The predicted molar refractivity (Wildman–Crippen MR) is 73.8 cm³/mol. The molecule has 1 fully saturated rings. The van der Waals surface area contributed by atoms with Gasteiger partial charge >= 0.3 is 6.03 Å². The van der Waals surface area contributed by atoms with Gasteiger partial charge in [0.25, 0.3) is 0 Å². The van der Waals surface area contributed by atoms with Gasteiger partial charge in [0.15, 0.2) is 0 Å². The van der Waals surface area contributed by atoms with E-state index in [1.165, 1.54) is 11.8 Å². The normalized spacial score (nSPS) is 15.6. The fourth-order valence-corrected chi connectivity index (χ4v) is 2.22. The molecule has 0 spiro atoms. The number of amides is 3. The zero-order valence-corrected chi connectivity index (χ0v) is 11.7. The van der Waals surface area contributed by atoms with Crippen LogP contribution in [-0.4, -0.2) is 47.9 Å². The second kappa shape index (κ2) is 6.51. The van der Waals surface area contributed by atoms with E-state index in [9.17, 15) is 18.4 Å². The smallest absolute Gasteiger partial charge is 0.321 e. The number of nitrogens with one attached hydrogen (secondary N) is 1. The monoisotopic (exact) mass is 297 g/mol. The minimum absolute atomic E-state index is 0.0339. The number of anilines is 1. The van der Waals surface area contributed by atoms with Crippen LogP contribution in [-0.2, 0) is 4.79 Å². The molecule has 2 rings (SSSR count). The summed E-state index contributed by atoms with van der Waals surface area (Å²) in [5.41, 5.74) is -0.187. The Bertz CT molecular complexity index is 551. The van der Waals surface area contributed by atoms with Crippen LogP contribution in [0.25, 0.3) is 0 Å². The van der Waals surface area contributed by atoms with Crippen LogP contribution in [0, 0.1) is 11.6 Å². The first kappa shape index (κ1) is 15.2. The van der Waals surface area contributed by atoms with Crippen molar-refractivity contribution in [3.63, 3.8) is 0 Å². The molecule has 1 aliphatic heterocycles. The average molecular weight is 297 g/mol. The molecule has 0 aliphatic carbocycles. The predicted octanol–water partition coefficient (Wildman–Crippen LogP) is 2.05. The average Bonchev–Trinajstić information content (AvgIpc) is 2.68. The van der Waals surface area contributed by atoms with Crippen molar-refractivity contribution in [3.05, 3.63) is 29.8 Å². The summed E-state index contributed by atoms with van der Waals surface area (Å²) in [5, 5.41) is 2.36. The summed E-state index contributed by atoms with van der Waals surface area (Å²) < 4.78 is 26.6. The molecule has 7 heteroatoms. The van der Waals surface area contributed by atoms with Crippen LogP contribution in [0.3, 0.4) is 0 Å². The maximum atomic E-state index is 13.5. The lowest BCUT2D eigenvalue weighted by Gasteiger charge is -2.21. The molecule has 0 radical (unpaired) electrons. The highest BCUT2D eigenvalue weighted by Crippen LogP contribution is 2.16. The summed E-state index contributed by atoms with van der Waals surface area (Å²) in [6.07, 6.45) is 0.651. The number of halogens is 2. The van der Waals surface area contributed by atoms with E-state index in [2.05, 4.69) is 5.32 Å². The van der Waals surface area contributed by atoms with Crippen molar-refractivity contribution in [1.82, 2.24) is 9.80 Å². The molecule has 1 aromatic carbocycles. The van der Waals surface area contributed by atoms with Gasteiger partial charge in [0.05, 0.1) is 5.69 Å². The number of carbonyl (C=O) groups excluding carboxylic acids is 2. The molecule has 1 aliphatic rings. The lowest BCUT2D eigenvalue weighted by molar-refractivity contribution is -0.128. The van der Waals surface area contributed by atoms with E-state index in [1.54, 1.807) is 4.90 Å². The maximum Gasteiger partial charge on any atom is 0.321 e. The van der Waals surface area contributed by atoms with Crippen LogP contribution in [0.2, 0.25) is 0 Å². The van der Waals surface area contributed by atoms with E-state index in [0.717, 1.165) is 18.2 Å². The van der Waals surface area contributed by atoms with Crippen molar-refractivity contribution in [3.8, 4) is 0 Å². The van der Waals surface area contributed by atoms with Crippen LogP contribution in [0.4, 0.5) is 19.3 Å². The third kappa shape index (κ3) is 3.90. The van der Waals surface area contributed by atoms with E-state index in [1.807, 2.05) is 0 Å². The summed E-state index contributed by atoms with van der Waals surface area (Å²) in [6.45, 7) is 3.34. The number of nitrogens with zero attached hydrogens (tertiary/aromatic N) is 2. The van der Waals surface area contributed by atoms with Gasteiger partial charge in [-0.2, -0.15) is 0 Å². The van der Waals surface area contributed by atoms with Crippen LogP contribution in [0.5, 0.6) is 0 Å². The standard InChI is InChI=1S/C14H17F2N3O2/c1-10(20)18-5-2-6-19(8-7-18)14(21)17-13-9-11(15)3-4-12(13)16/h3-4,9H,2,5-8H2,1H3,(H,17,21). The molecular formula is C14H17F2N3O2. The third-order valence-corrected chi connectivity index (χ3v) is 3.40. The quantitative estimate of drug-likeness (QED) is 0.862. The van der Waals surface area contributed by atoms with Gasteiger partial charge in [0.2, 0.25) is 5.91 Å². The van der Waals surface area contributed by atoms with Gasteiger partial charge in [-0.15, -0.1) is 0 Å². The Morgan fingerprint density at radius 1 is 1.10 bits per heavy atom. The SMILES string of the molecule is CC(=O)N1CCCN(C(=O)Nc2cc(F)ccc2F)CC1. The lowest BCUT2D eigenvalue weighted by atomic mass is 10.3. The van der Waals surface area contributed by atoms with E-state index in [0.29, 0.717) is 32.6 Å². The highest BCUT2D eigenvalue weighted by molar-refractivity contribution is 5.89. The Kier molecular flexibility index (Phi) is 4.72. The number of hydrogen-bond acceptors (Lipinski definition) is 2. The lowest BCUT2D eigenvalue weighted by Crippen LogP contribution is -2.39. The van der Waals surface area contributed by atoms with Gasteiger partial charge in [-0.1, -0.05) is 0 Å². The first-order valence-electron chi connectivity index (χ1n) is 6.74. The number of carbonyl (C=O) groups is 2. The number of urea groups is 1. The zero-order valence-electron chi connectivity index (χ0n) is 11.7. The maximum absolute atomic E-state index is 13.5. The highest BCUT2D eigenvalue weighted by atomic mass is 19.1. The molecule has 3 amide bonds. The van der Waals surface area contributed by atoms with Gasteiger partial charge < -0.3 is 15.1 Å². The van der Waals surface area contributed by atoms with Crippen LogP contribution in [0.1, 0.15) is 13.3 Å². The van der Waals surface area contributed by atoms with Gasteiger partial charge in [-0.05, 0) is 18.6 Å². The van der Waals surface area contributed by atoms with Crippen LogP contribution < -0.4 is 5.32 Å². The van der Waals surface area contributed by atoms with Gasteiger partial charge in [-0.25, -0.2) is 13.6 Å². The fraction of sp³-hybridized carbons (Fsp3) is 0.429. The fourth-order valence-electron chi connectivity index (χ4n) is 2.22. The summed E-state index contributed by atoms with van der Waals surface area (Å²) in [5.74, 6) is -1.34. The van der Waals surface area contributed by atoms with Gasteiger partial charge in [0.1, 0.15) is 11.6 Å². The Morgan fingerprint density at radius 3 is 2.48 bits per heavy atom. The minimum atomic E-state index is -0.690. The molecule has 0 saturated carbocycles. The Hall–Kier alpha value is -2.18. The zero-order chi connectivity index (χ0) is 15.4. The van der Waals surface area contributed by atoms with Crippen molar-refractivity contribution >= 4 is 17.6 Å². The number of benzene rings is 1. The summed E-state index contributed by atoms with van der Waals surface area (Å²) in [6, 6.07) is 2.39. The van der Waals surface area contributed by atoms with Gasteiger partial charge in [0, 0.05) is 39.2 Å². The van der Waals surface area contributed by atoms with Crippen LogP contribution >= 0.6 is 0 Å². The molecule has 1 N–H and O–H groups in total. The molecule has 0 bridgehead atoms. The molecule has 5 nitrogen and oxygen atoms in total. The van der Waals surface area contributed by atoms with E-state index in [4.69, 9.17) is 0 Å². The molecule has 0 unspecified atom stereocenters. The molecule has 0 aromatic heterocycles. The molecule has 21 heavy (non-hydrogen) atoms. The number of hydrogen-bond donors (Lipinski definition) is 1. The molecule has 0 atom stereocenters. The molecule has 114 valence electrons. The van der Waals surface area contributed by atoms with Crippen LogP contribution in [0.15, 0.2) is 18.2 Å². The molecule has 1 saturated heterocycles. The summed E-state index contributed by atoms with van der Waals surface area (Å²) in [4.78, 5) is 26.6. The van der Waals surface area contributed by atoms with Gasteiger partial charge in [-0.3, -0.25) is 4.79 Å². The topological polar surface area (TPSA) is 52.7 Å². The highest BCUT2D eigenvalue weighted by Gasteiger charge is 2.21. The van der Waals surface area contributed by atoms with Crippen molar-refractivity contribution in [1.29, 1.82) is 0 Å². The Balaban J connectivity index is 2.00. The molecule has 1 heterocycles. The Morgan fingerprint density at radius 2 is 1.76 bits per heavy atom. The largest absolute Gasteiger partial charge is 0.341 e. The van der Waals surface area contributed by atoms with Crippen molar-refractivity contribution < 1.29 is 18.4 Å². The number of rotatable bonds is 1. The third-order valence-electron chi connectivity index (χ3n) is 3.40. The second-order valence-electron chi connectivity index (χ2n) is 4.90. The second-order valence-corrected chi connectivity index (χ2v) is 4.90. The van der Waals surface area contributed by atoms with E-state index in [-0.39, 0.29) is 11.6 Å². The molecule has 1 aromatic rings. The van der Waals surface area contributed by atoms with Crippen molar-refractivity contribution in [2.75, 3.05) is 31.5 Å². The Labute approximate surface area is 121 Å². The summed E-state index contributed by atoms with van der Waals surface area (Å²) >= 11 is 0. The minimum Gasteiger partial charge on any atom is -0.341 e. The van der Waals surface area contributed by atoms with E-state index < -0.39 is 17.7 Å².